The van der Waals surface area contributed by atoms with E-state index in [0.717, 1.165) is 25.0 Å². The summed E-state index contributed by atoms with van der Waals surface area (Å²) < 4.78 is 4.75. The number of rotatable bonds is 9. The Hall–Kier alpha value is -1.38. The van der Waals surface area contributed by atoms with Gasteiger partial charge in [-0.15, -0.1) is 0 Å². The van der Waals surface area contributed by atoms with Gasteiger partial charge in [0.1, 0.15) is 5.69 Å². The van der Waals surface area contributed by atoms with Gasteiger partial charge in [0.25, 0.3) is 0 Å². The van der Waals surface area contributed by atoms with E-state index in [1.807, 2.05) is 0 Å². The largest absolute Gasteiger partial charge is 0.464 e. The highest BCUT2D eigenvalue weighted by Crippen LogP contribution is 2.15. The summed E-state index contributed by atoms with van der Waals surface area (Å²) in [6.45, 7) is 4.40. The first-order valence-corrected chi connectivity index (χ1v) is 7.80. The number of hydrogen-bond donors (Lipinski definition) is 0. The number of methoxy groups -OCH3 is 1. The van der Waals surface area contributed by atoms with Crippen LogP contribution in [0.3, 0.4) is 0 Å². The Labute approximate surface area is 122 Å². The summed E-state index contributed by atoms with van der Waals surface area (Å²) in [6.07, 6.45) is 9.21. The van der Waals surface area contributed by atoms with Crippen LogP contribution in [0.1, 0.15) is 74.1 Å². The van der Waals surface area contributed by atoms with E-state index in [-0.39, 0.29) is 5.97 Å². The van der Waals surface area contributed by atoms with E-state index in [9.17, 15) is 4.79 Å². The van der Waals surface area contributed by atoms with Crippen molar-refractivity contribution in [2.75, 3.05) is 7.11 Å². The molecule has 0 aliphatic carbocycles. The summed E-state index contributed by atoms with van der Waals surface area (Å²) in [5.74, 6) is -0.346. The highest BCUT2D eigenvalue weighted by atomic mass is 16.5. The molecule has 0 aromatic carbocycles. The number of ether oxygens (including phenoxy) is 1. The van der Waals surface area contributed by atoms with E-state index in [2.05, 4.69) is 24.9 Å². The van der Waals surface area contributed by atoms with E-state index >= 15 is 0 Å². The van der Waals surface area contributed by atoms with E-state index in [4.69, 9.17) is 4.74 Å². The smallest absolute Gasteiger partial charge is 0.356 e. The molecule has 3 heteroatoms. The lowest BCUT2D eigenvalue weighted by Gasteiger charge is -2.10. The average Bonchev–Trinajstić information content (AvgIpc) is 2.48. The molecule has 20 heavy (non-hydrogen) atoms. The molecule has 0 aliphatic rings. The second-order valence-electron chi connectivity index (χ2n) is 5.21. The molecule has 0 bridgehead atoms. The topological polar surface area (TPSA) is 39.2 Å². The molecule has 1 aromatic heterocycles. The van der Waals surface area contributed by atoms with Crippen molar-refractivity contribution in [2.45, 2.75) is 65.2 Å². The van der Waals surface area contributed by atoms with Gasteiger partial charge in [0, 0.05) is 5.69 Å². The number of aromatic nitrogens is 1. The van der Waals surface area contributed by atoms with Gasteiger partial charge >= 0.3 is 5.97 Å². The number of nitrogens with zero attached hydrogens (tertiary/aromatic N) is 1. The quantitative estimate of drug-likeness (QED) is 0.498. The van der Waals surface area contributed by atoms with Crippen molar-refractivity contribution in [2.24, 2.45) is 0 Å². The van der Waals surface area contributed by atoms with Gasteiger partial charge in [-0.05, 0) is 37.3 Å². The molecule has 0 saturated carbocycles. The molecule has 0 saturated heterocycles. The Morgan fingerprint density at radius 2 is 1.70 bits per heavy atom. The molecular weight excluding hydrogens is 250 g/mol. The number of pyridine rings is 1. The molecule has 112 valence electrons. The fraction of sp³-hybridized carbons (Fsp3) is 0.647. The zero-order valence-corrected chi connectivity index (χ0v) is 13.1. The Balaban J connectivity index is 2.81. The number of hydrogen-bond acceptors (Lipinski definition) is 3. The zero-order valence-electron chi connectivity index (χ0n) is 13.1. The minimum atomic E-state index is -0.346. The molecule has 0 aliphatic heterocycles. The third-order valence-electron chi connectivity index (χ3n) is 3.53. The van der Waals surface area contributed by atoms with E-state index < -0.39 is 0 Å². The standard InChI is InChI=1S/C17H27NO2/c1-4-6-8-10-14-12-13-16(17(19)20-3)18-15(14)11-9-7-5-2/h12-13H,4-11H2,1-3H3. The van der Waals surface area contributed by atoms with Crippen molar-refractivity contribution >= 4 is 5.97 Å². The summed E-state index contributed by atoms with van der Waals surface area (Å²) in [5.41, 5.74) is 2.80. The average molecular weight is 277 g/mol. The maximum absolute atomic E-state index is 11.6. The molecule has 0 radical (unpaired) electrons. The maximum Gasteiger partial charge on any atom is 0.356 e. The molecule has 0 amide bonds. The highest BCUT2D eigenvalue weighted by molar-refractivity contribution is 5.87. The first kappa shape index (κ1) is 16.7. The first-order valence-electron chi connectivity index (χ1n) is 7.80. The Morgan fingerprint density at radius 3 is 2.30 bits per heavy atom. The van der Waals surface area contributed by atoms with E-state index in [1.165, 1.54) is 44.8 Å². The summed E-state index contributed by atoms with van der Waals surface area (Å²) >= 11 is 0. The van der Waals surface area contributed by atoms with Crippen LogP contribution < -0.4 is 0 Å². The van der Waals surface area contributed by atoms with Crippen molar-refractivity contribution < 1.29 is 9.53 Å². The van der Waals surface area contributed by atoms with Crippen molar-refractivity contribution in [1.82, 2.24) is 4.98 Å². The number of aryl methyl sites for hydroxylation is 2. The second-order valence-corrected chi connectivity index (χ2v) is 5.21. The predicted octanol–water partition coefficient (Wildman–Crippen LogP) is 4.33. The highest BCUT2D eigenvalue weighted by Gasteiger charge is 2.11. The van der Waals surface area contributed by atoms with Gasteiger partial charge in [0.2, 0.25) is 0 Å². The molecule has 0 atom stereocenters. The number of carbonyl (C=O) groups excluding carboxylic acids is 1. The molecule has 3 nitrogen and oxygen atoms in total. The van der Waals surface area contributed by atoms with Gasteiger partial charge in [-0.1, -0.05) is 45.6 Å². The third kappa shape index (κ3) is 5.32. The number of unbranched alkanes of at least 4 members (excludes halogenated alkanes) is 4. The zero-order chi connectivity index (χ0) is 14.8. The number of esters is 1. The van der Waals surface area contributed by atoms with Gasteiger partial charge < -0.3 is 4.74 Å². The van der Waals surface area contributed by atoms with Crippen LogP contribution >= 0.6 is 0 Å². The molecule has 0 N–H and O–H groups in total. The second kappa shape index (κ2) is 9.51. The fourth-order valence-electron chi connectivity index (χ4n) is 2.30. The minimum Gasteiger partial charge on any atom is -0.464 e. The van der Waals surface area contributed by atoms with Gasteiger partial charge in [-0.2, -0.15) is 0 Å². The molecule has 1 aromatic rings. The van der Waals surface area contributed by atoms with Crippen LogP contribution in [0.2, 0.25) is 0 Å². The van der Waals surface area contributed by atoms with Crippen LogP contribution in [-0.2, 0) is 17.6 Å². The lowest BCUT2D eigenvalue weighted by Crippen LogP contribution is -2.08. The summed E-state index contributed by atoms with van der Waals surface area (Å²) in [4.78, 5) is 16.1. The molecule has 1 rings (SSSR count). The van der Waals surface area contributed by atoms with Gasteiger partial charge in [0.05, 0.1) is 7.11 Å². The monoisotopic (exact) mass is 277 g/mol. The first-order chi connectivity index (χ1) is 9.72. The van der Waals surface area contributed by atoms with Crippen molar-refractivity contribution in [3.8, 4) is 0 Å². The fourth-order valence-corrected chi connectivity index (χ4v) is 2.30. The van der Waals surface area contributed by atoms with Crippen molar-refractivity contribution in [3.63, 3.8) is 0 Å². The summed E-state index contributed by atoms with van der Waals surface area (Å²) in [5, 5.41) is 0. The SMILES string of the molecule is CCCCCc1ccc(C(=O)OC)nc1CCCCC. The normalized spacial score (nSPS) is 10.6. The Morgan fingerprint density at radius 1 is 1.05 bits per heavy atom. The van der Waals surface area contributed by atoms with Crippen LogP contribution in [0.4, 0.5) is 0 Å². The van der Waals surface area contributed by atoms with E-state index in [0.29, 0.717) is 5.69 Å². The minimum absolute atomic E-state index is 0.346. The van der Waals surface area contributed by atoms with Crippen LogP contribution in [0.25, 0.3) is 0 Å². The molecule has 0 unspecified atom stereocenters. The molecule has 1 heterocycles. The summed E-state index contributed by atoms with van der Waals surface area (Å²) in [6, 6.07) is 3.84. The third-order valence-corrected chi connectivity index (χ3v) is 3.53. The maximum atomic E-state index is 11.6. The van der Waals surface area contributed by atoms with Crippen LogP contribution in [0.5, 0.6) is 0 Å². The van der Waals surface area contributed by atoms with Crippen LogP contribution in [0.15, 0.2) is 12.1 Å². The van der Waals surface area contributed by atoms with Crippen LogP contribution in [-0.4, -0.2) is 18.1 Å². The van der Waals surface area contributed by atoms with Crippen molar-refractivity contribution in [3.05, 3.63) is 29.1 Å². The lowest BCUT2D eigenvalue weighted by atomic mass is 10.0. The van der Waals surface area contributed by atoms with Crippen molar-refractivity contribution in [1.29, 1.82) is 0 Å². The predicted molar refractivity (Wildman–Crippen MR) is 82.0 cm³/mol. The van der Waals surface area contributed by atoms with Crippen LogP contribution in [0, 0.1) is 0 Å². The summed E-state index contributed by atoms with van der Waals surface area (Å²) in [7, 11) is 1.40. The van der Waals surface area contributed by atoms with Gasteiger partial charge in [-0.3, -0.25) is 0 Å². The lowest BCUT2D eigenvalue weighted by molar-refractivity contribution is 0.0593. The molecule has 0 fully saturated rings. The molecular formula is C17H27NO2. The Kier molecular flexibility index (Phi) is 7.93. The van der Waals surface area contributed by atoms with Gasteiger partial charge in [0.15, 0.2) is 0 Å². The number of carbonyl (C=O) groups is 1. The Bertz CT molecular complexity index is 415. The van der Waals surface area contributed by atoms with Gasteiger partial charge in [-0.25, -0.2) is 9.78 Å². The van der Waals surface area contributed by atoms with E-state index in [1.54, 1.807) is 6.07 Å². The molecule has 0 spiro atoms.